The lowest BCUT2D eigenvalue weighted by molar-refractivity contribution is 0.145. The van der Waals surface area contributed by atoms with E-state index in [1.165, 1.54) is 0 Å². The second kappa shape index (κ2) is 5.84. The summed E-state index contributed by atoms with van der Waals surface area (Å²) in [6.45, 7) is 1.65. The molecule has 1 fully saturated rings. The van der Waals surface area contributed by atoms with Gasteiger partial charge in [-0.1, -0.05) is 30.3 Å². The molecule has 2 aliphatic heterocycles. The maximum Gasteiger partial charge on any atom is 0.249 e. The Morgan fingerprint density at radius 2 is 1.96 bits per heavy atom. The molecule has 0 spiro atoms. The monoisotopic (exact) mass is 345 g/mol. The van der Waals surface area contributed by atoms with Crippen molar-refractivity contribution in [2.45, 2.75) is 23.6 Å². The molecule has 1 aromatic heterocycles. The van der Waals surface area contributed by atoms with Gasteiger partial charge in [-0.25, -0.2) is 13.4 Å². The number of hydrogen-bond donors (Lipinski definition) is 0. The van der Waals surface area contributed by atoms with Crippen LogP contribution >= 0.6 is 0 Å². The third-order valence-electron chi connectivity index (χ3n) is 4.56. The Hall–Kier alpha value is -1.96. The molecule has 7 heteroatoms. The molecule has 0 unspecified atom stereocenters. The van der Waals surface area contributed by atoms with Gasteiger partial charge in [0, 0.05) is 25.8 Å². The quantitative estimate of drug-likeness (QED) is 0.822. The Morgan fingerprint density at radius 1 is 1.17 bits per heavy atom. The molecule has 0 N–H and O–H groups in total. The Kier molecular flexibility index (Phi) is 3.79. The van der Waals surface area contributed by atoms with Crippen molar-refractivity contribution >= 4 is 10.0 Å². The highest BCUT2D eigenvalue weighted by Gasteiger charge is 2.46. The zero-order chi connectivity index (χ0) is 16.7. The van der Waals surface area contributed by atoms with E-state index in [2.05, 4.69) is 9.88 Å². The van der Waals surface area contributed by atoms with Crippen molar-refractivity contribution in [3.63, 3.8) is 0 Å². The summed E-state index contributed by atoms with van der Waals surface area (Å²) < 4.78 is 34.1. The first-order valence-electron chi connectivity index (χ1n) is 7.92. The molecule has 0 saturated carbocycles. The van der Waals surface area contributed by atoms with Crippen molar-refractivity contribution in [1.82, 2.24) is 14.2 Å². The van der Waals surface area contributed by atoms with Crippen LogP contribution in [0.25, 0.3) is 0 Å². The van der Waals surface area contributed by atoms with Crippen LogP contribution in [0.5, 0.6) is 5.88 Å². The average Bonchev–Trinajstić information content (AvgIpc) is 2.90. The number of fused-ring (bicyclic) bond motifs is 2. The van der Waals surface area contributed by atoms with Crippen molar-refractivity contribution in [3.8, 4) is 5.88 Å². The first kappa shape index (κ1) is 15.6. The normalized spacial score (nSPS) is 26.2. The van der Waals surface area contributed by atoms with Gasteiger partial charge in [0.05, 0.1) is 6.04 Å². The summed E-state index contributed by atoms with van der Waals surface area (Å²) in [5.41, 5.74) is 0.960. The third kappa shape index (κ3) is 2.58. The molecular formula is C17H19N3O3S. The summed E-state index contributed by atoms with van der Waals surface area (Å²) in [6.07, 6.45) is 1.35. The van der Waals surface area contributed by atoms with Gasteiger partial charge in [-0.05, 0) is 24.7 Å². The molecule has 0 amide bonds. The van der Waals surface area contributed by atoms with Gasteiger partial charge in [-0.15, -0.1) is 0 Å². The van der Waals surface area contributed by atoms with Gasteiger partial charge in [0.2, 0.25) is 15.9 Å². The van der Waals surface area contributed by atoms with E-state index in [0.717, 1.165) is 5.56 Å². The number of ether oxygens (including phenoxy) is 1. The second-order valence-electron chi connectivity index (χ2n) is 6.29. The molecule has 0 aliphatic carbocycles. The van der Waals surface area contributed by atoms with Crippen LogP contribution in [0.2, 0.25) is 0 Å². The van der Waals surface area contributed by atoms with Crippen LogP contribution in [0.1, 0.15) is 5.56 Å². The fourth-order valence-electron chi connectivity index (χ4n) is 3.41. The van der Waals surface area contributed by atoms with Crippen LogP contribution in [0.3, 0.4) is 0 Å². The molecule has 4 rings (SSSR count). The minimum atomic E-state index is -3.68. The van der Waals surface area contributed by atoms with E-state index in [-0.39, 0.29) is 22.9 Å². The van der Waals surface area contributed by atoms with Crippen LogP contribution in [-0.2, 0) is 16.6 Å². The Labute approximate surface area is 141 Å². The summed E-state index contributed by atoms with van der Waals surface area (Å²) in [4.78, 5) is 6.40. The Balaban J connectivity index is 1.81. The Morgan fingerprint density at radius 3 is 2.75 bits per heavy atom. The molecule has 126 valence electrons. The van der Waals surface area contributed by atoms with Crippen molar-refractivity contribution in [3.05, 3.63) is 54.2 Å². The van der Waals surface area contributed by atoms with Gasteiger partial charge >= 0.3 is 0 Å². The highest BCUT2D eigenvalue weighted by molar-refractivity contribution is 7.89. The van der Waals surface area contributed by atoms with Crippen molar-refractivity contribution < 1.29 is 13.2 Å². The molecule has 2 atom stereocenters. The largest absolute Gasteiger partial charge is 0.470 e. The molecule has 2 aliphatic rings. The maximum absolute atomic E-state index is 13.3. The molecular weight excluding hydrogens is 326 g/mol. The first-order valence-corrected chi connectivity index (χ1v) is 9.36. The lowest BCUT2D eigenvalue weighted by Crippen LogP contribution is -2.46. The smallest absolute Gasteiger partial charge is 0.249 e. The van der Waals surface area contributed by atoms with Gasteiger partial charge in [-0.3, -0.25) is 0 Å². The zero-order valence-corrected chi connectivity index (χ0v) is 14.2. The molecule has 3 heterocycles. The summed E-state index contributed by atoms with van der Waals surface area (Å²) >= 11 is 0. The van der Waals surface area contributed by atoms with E-state index in [9.17, 15) is 8.42 Å². The number of likely N-dealkylation sites (N-methyl/N-ethyl adjacent to an activating group) is 1. The maximum atomic E-state index is 13.3. The fraction of sp³-hybridized carbons (Fsp3) is 0.353. The first-order chi connectivity index (χ1) is 11.6. The van der Waals surface area contributed by atoms with Crippen LogP contribution < -0.4 is 4.74 Å². The van der Waals surface area contributed by atoms with Gasteiger partial charge in [0.15, 0.2) is 0 Å². The van der Waals surface area contributed by atoms with Gasteiger partial charge in [-0.2, -0.15) is 4.31 Å². The summed E-state index contributed by atoms with van der Waals surface area (Å²) in [6, 6.07) is 12.6. The number of pyridine rings is 1. The highest BCUT2D eigenvalue weighted by Crippen LogP contribution is 2.35. The summed E-state index contributed by atoms with van der Waals surface area (Å²) in [5.74, 6) is 0.207. The lowest BCUT2D eigenvalue weighted by atomic mass is 10.1. The van der Waals surface area contributed by atoms with Crippen molar-refractivity contribution in [2.24, 2.45) is 0 Å². The number of hydrogen-bond acceptors (Lipinski definition) is 5. The minimum Gasteiger partial charge on any atom is -0.470 e. The number of benzene rings is 1. The number of rotatable bonds is 2. The lowest BCUT2D eigenvalue weighted by Gasteiger charge is -2.28. The zero-order valence-electron chi connectivity index (χ0n) is 13.4. The van der Waals surface area contributed by atoms with Crippen LogP contribution in [0.15, 0.2) is 53.6 Å². The van der Waals surface area contributed by atoms with Crippen molar-refractivity contribution in [2.75, 3.05) is 20.1 Å². The molecule has 0 bridgehead atoms. The molecule has 6 nitrogen and oxygen atoms in total. The van der Waals surface area contributed by atoms with Crippen LogP contribution in [0, 0.1) is 0 Å². The SMILES string of the molecule is CN1C[C@H]2Oc3ncccc3S(=O)(=O)N(Cc3ccccc3)[C@H]2C1. The van der Waals surface area contributed by atoms with Crippen LogP contribution in [-0.4, -0.2) is 54.9 Å². The van der Waals surface area contributed by atoms with E-state index in [1.807, 2.05) is 37.4 Å². The minimum absolute atomic E-state index is 0.151. The number of likely N-dealkylation sites (tertiary alicyclic amines) is 1. The van der Waals surface area contributed by atoms with E-state index >= 15 is 0 Å². The van der Waals surface area contributed by atoms with Crippen molar-refractivity contribution in [1.29, 1.82) is 0 Å². The van der Waals surface area contributed by atoms with Gasteiger partial charge in [0.1, 0.15) is 11.0 Å². The van der Waals surface area contributed by atoms with Crippen LogP contribution in [0.4, 0.5) is 0 Å². The number of sulfonamides is 1. The summed E-state index contributed by atoms with van der Waals surface area (Å²) in [7, 11) is -1.70. The number of nitrogens with zero attached hydrogens (tertiary/aromatic N) is 3. The predicted molar refractivity (Wildman–Crippen MR) is 89.1 cm³/mol. The van der Waals surface area contributed by atoms with Gasteiger partial charge in [0.25, 0.3) is 0 Å². The van der Waals surface area contributed by atoms with E-state index in [4.69, 9.17) is 4.74 Å². The predicted octanol–water partition coefficient (Wildman–Crippen LogP) is 1.35. The molecule has 1 aromatic carbocycles. The average molecular weight is 345 g/mol. The molecule has 0 radical (unpaired) electrons. The third-order valence-corrected chi connectivity index (χ3v) is 6.44. The topological polar surface area (TPSA) is 62.7 Å². The van der Waals surface area contributed by atoms with E-state index in [0.29, 0.717) is 19.6 Å². The molecule has 24 heavy (non-hydrogen) atoms. The van der Waals surface area contributed by atoms with E-state index in [1.54, 1.807) is 22.6 Å². The molecule has 1 saturated heterocycles. The standard InChI is InChI=1S/C17H19N3O3S/c1-19-11-14-15(12-19)23-17-16(8-5-9-18-17)24(21,22)20(14)10-13-6-3-2-4-7-13/h2-9,14-15H,10-12H2,1H3/t14-,15+/m0/s1. The highest BCUT2D eigenvalue weighted by atomic mass is 32.2. The Bertz CT molecular complexity index is 841. The fourth-order valence-corrected chi connectivity index (χ4v) is 5.11. The molecule has 2 aromatic rings. The second-order valence-corrected chi connectivity index (χ2v) is 8.15. The van der Waals surface area contributed by atoms with E-state index < -0.39 is 10.0 Å². The number of aromatic nitrogens is 1. The van der Waals surface area contributed by atoms with Gasteiger partial charge < -0.3 is 9.64 Å². The summed E-state index contributed by atoms with van der Waals surface area (Å²) in [5, 5.41) is 0.